The SMILES string of the molecule is COc1cc(OC)cc(-c2nc(CN3CCN(C(=O)Nc4ccc(F)c(F)c4)CC3)no2)c1. The monoisotopic (exact) mass is 459 g/mol. The molecule has 2 heterocycles. The highest BCUT2D eigenvalue weighted by Gasteiger charge is 2.23. The van der Waals surface area contributed by atoms with Gasteiger partial charge in [-0.1, -0.05) is 5.16 Å². The number of ether oxygens (including phenoxy) is 2. The van der Waals surface area contributed by atoms with Crippen molar-refractivity contribution in [1.82, 2.24) is 19.9 Å². The number of anilines is 1. The number of hydrogen-bond donors (Lipinski definition) is 1. The van der Waals surface area contributed by atoms with E-state index in [9.17, 15) is 13.6 Å². The normalized spacial score (nSPS) is 14.2. The Balaban J connectivity index is 1.32. The molecule has 33 heavy (non-hydrogen) atoms. The van der Waals surface area contributed by atoms with E-state index in [0.29, 0.717) is 61.5 Å². The third-order valence-electron chi connectivity index (χ3n) is 5.26. The summed E-state index contributed by atoms with van der Waals surface area (Å²) in [5, 5.41) is 6.64. The van der Waals surface area contributed by atoms with Crippen LogP contribution < -0.4 is 14.8 Å². The van der Waals surface area contributed by atoms with Gasteiger partial charge in [0.05, 0.1) is 20.8 Å². The van der Waals surface area contributed by atoms with Crippen molar-refractivity contribution in [2.24, 2.45) is 0 Å². The van der Waals surface area contributed by atoms with E-state index in [1.807, 2.05) is 0 Å². The molecule has 0 spiro atoms. The highest BCUT2D eigenvalue weighted by molar-refractivity contribution is 5.89. The van der Waals surface area contributed by atoms with Crippen molar-refractivity contribution in [3.05, 3.63) is 53.9 Å². The number of piperazine rings is 1. The van der Waals surface area contributed by atoms with Crippen LogP contribution in [0.4, 0.5) is 19.3 Å². The van der Waals surface area contributed by atoms with Crippen LogP contribution in [-0.4, -0.2) is 66.4 Å². The fourth-order valence-corrected chi connectivity index (χ4v) is 3.45. The summed E-state index contributed by atoms with van der Waals surface area (Å²) in [5.74, 6) is 0.128. The predicted molar refractivity (Wildman–Crippen MR) is 115 cm³/mol. The van der Waals surface area contributed by atoms with E-state index in [1.54, 1.807) is 37.3 Å². The summed E-state index contributed by atoms with van der Waals surface area (Å²) < 4.78 is 42.3. The molecule has 1 aromatic heterocycles. The number of methoxy groups -OCH3 is 2. The van der Waals surface area contributed by atoms with Crippen molar-refractivity contribution >= 4 is 11.7 Å². The number of nitrogens with zero attached hydrogens (tertiary/aromatic N) is 4. The number of halogens is 2. The molecule has 0 unspecified atom stereocenters. The van der Waals surface area contributed by atoms with Crippen LogP contribution in [0.5, 0.6) is 11.5 Å². The fourth-order valence-electron chi connectivity index (χ4n) is 3.45. The van der Waals surface area contributed by atoms with Crippen LogP contribution >= 0.6 is 0 Å². The zero-order valence-electron chi connectivity index (χ0n) is 18.2. The molecule has 2 amide bonds. The Morgan fingerprint density at radius 3 is 2.36 bits per heavy atom. The topological polar surface area (TPSA) is 93.0 Å². The summed E-state index contributed by atoms with van der Waals surface area (Å²) >= 11 is 0. The molecule has 0 saturated carbocycles. The van der Waals surface area contributed by atoms with E-state index in [-0.39, 0.29) is 11.7 Å². The van der Waals surface area contributed by atoms with Crippen LogP contribution in [0, 0.1) is 11.6 Å². The Morgan fingerprint density at radius 1 is 1.03 bits per heavy atom. The lowest BCUT2D eigenvalue weighted by Gasteiger charge is -2.34. The van der Waals surface area contributed by atoms with Gasteiger partial charge in [-0.15, -0.1) is 0 Å². The Bertz CT molecular complexity index is 1110. The van der Waals surface area contributed by atoms with Crippen LogP contribution in [-0.2, 0) is 6.54 Å². The van der Waals surface area contributed by atoms with Gasteiger partial charge < -0.3 is 24.2 Å². The maximum absolute atomic E-state index is 13.3. The number of urea groups is 1. The second-order valence-electron chi connectivity index (χ2n) is 7.44. The molecule has 4 rings (SSSR count). The molecule has 2 aromatic carbocycles. The van der Waals surface area contributed by atoms with Crippen LogP contribution in [0.2, 0.25) is 0 Å². The van der Waals surface area contributed by atoms with Gasteiger partial charge in [0.1, 0.15) is 11.5 Å². The van der Waals surface area contributed by atoms with Gasteiger partial charge in [-0.2, -0.15) is 4.98 Å². The van der Waals surface area contributed by atoms with Crippen LogP contribution in [0.3, 0.4) is 0 Å². The smallest absolute Gasteiger partial charge is 0.321 e. The van der Waals surface area contributed by atoms with Crippen molar-refractivity contribution in [1.29, 1.82) is 0 Å². The Morgan fingerprint density at radius 2 is 1.73 bits per heavy atom. The maximum Gasteiger partial charge on any atom is 0.321 e. The summed E-state index contributed by atoms with van der Waals surface area (Å²) in [7, 11) is 3.13. The molecule has 9 nitrogen and oxygen atoms in total. The Kier molecular flexibility index (Phi) is 6.68. The standard InChI is InChI=1S/C22H23F2N5O4/c1-31-16-9-14(10-17(12-16)32-2)21-26-20(27-33-21)13-28-5-7-29(8-6-28)22(30)25-15-3-4-18(23)19(24)11-15/h3-4,9-12H,5-8,13H2,1-2H3,(H,25,30). The van der Waals surface area contributed by atoms with Crippen molar-refractivity contribution in [3.63, 3.8) is 0 Å². The van der Waals surface area contributed by atoms with Gasteiger partial charge in [-0.25, -0.2) is 13.6 Å². The molecule has 174 valence electrons. The number of carbonyl (C=O) groups is 1. The van der Waals surface area contributed by atoms with Gasteiger partial charge in [0.15, 0.2) is 17.5 Å². The lowest BCUT2D eigenvalue weighted by Crippen LogP contribution is -2.49. The van der Waals surface area contributed by atoms with Crippen LogP contribution in [0.25, 0.3) is 11.5 Å². The second-order valence-corrected chi connectivity index (χ2v) is 7.44. The highest BCUT2D eigenvalue weighted by atomic mass is 19.2. The maximum atomic E-state index is 13.3. The molecule has 0 aliphatic carbocycles. The summed E-state index contributed by atoms with van der Waals surface area (Å²) in [6.45, 7) is 2.59. The van der Waals surface area contributed by atoms with Gasteiger partial charge in [0, 0.05) is 49.6 Å². The number of carbonyl (C=O) groups excluding carboxylic acids is 1. The molecule has 11 heteroatoms. The van der Waals surface area contributed by atoms with E-state index < -0.39 is 11.6 Å². The van der Waals surface area contributed by atoms with Crippen molar-refractivity contribution < 1.29 is 27.6 Å². The quantitative estimate of drug-likeness (QED) is 0.604. The molecule has 1 fully saturated rings. The minimum atomic E-state index is -1.01. The number of nitrogens with one attached hydrogen (secondary N) is 1. The van der Waals surface area contributed by atoms with E-state index in [2.05, 4.69) is 20.4 Å². The largest absolute Gasteiger partial charge is 0.497 e. The van der Waals surface area contributed by atoms with Gasteiger partial charge in [0.25, 0.3) is 5.89 Å². The number of benzene rings is 2. The second kappa shape index (κ2) is 9.82. The van der Waals surface area contributed by atoms with Crippen molar-refractivity contribution in [3.8, 4) is 23.0 Å². The summed E-state index contributed by atoms with van der Waals surface area (Å²) in [4.78, 5) is 20.6. The van der Waals surface area contributed by atoms with Crippen molar-refractivity contribution in [2.45, 2.75) is 6.54 Å². The molecule has 3 aromatic rings. The molecule has 1 saturated heterocycles. The zero-order valence-corrected chi connectivity index (χ0v) is 18.2. The zero-order chi connectivity index (χ0) is 23.4. The minimum Gasteiger partial charge on any atom is -0.497 e. The molecular weight excluding hydrogens is 436 g/mol. The molecule has 0 radical (unpaired) electrons. The first-order chi connectivity index (χ1) is 15.9. The van der Waals surface area contributed by atoms with E-state index in [1.165, 1.54) is 6.07 Å². The van der Waals surface area contributed by atoms with E-state index in [4.69, 9.17) is 14.0 Å². The summed E-state index contributed by atoms with van der Waals surface area (Å²) in [5.41, 5.74) is 0.887. The van der Waals surface area contributed by atoms with Crippen molar-refractivity contribution in [2.75, 3.05) is 45.7 Å². The van der Waals surface area contributed by atoms with Gasteiger partial charge in [-0.05, 0) is 24.3 Å². The molecule has 0 atom stereocenters. The average Bonchev–Trinajstić information content (AvgIpc) is 3.30. The first-order valence-corrected chi connectivity index (χ1v) is 10.2. The van der Waals surface area contributed by atoms with Gasteiger partial charge >= 0.3 is 6.03 Å². The lowest BCUT2D eigenvalue weighted by molar-refractivity contribution is 0.140. The van der Waals surface area contributed by atoms with Crippen LogP contribution in [0.1, 0.15) is 5.82 Å². The molecule has 1 aliphatic rings. The summed E-state index contributed by atoms with van der Waals surface area (Å²) in [6, 6.07) is 8.20. The number of hydrogen-bond acceptors (Lipinski definition) is 7. The first-order valence-electron chi connectivity index (χ1n) is 10.2. The Hall–Kier alpha value is -3.73. The number of amides is 2. The van der Waals surface area contributed by atoms with Gasteiger partial charge in [-0.3, -0.25) is 4.90 Å². The Labute approximate surface area is 188 Å². The molecule has 1 aliphatic heterocycles. The highest BCUT2D eigenvalue weighted by Crippen LogP contribution is 2.29. The van der Waals surface area contributed by atoms with E-state index >= 15 is 0 Å². The molecule has 0 bridgehead atoms. The molecular formula is C22H23F2N5O4. The molecule has 1 N–H and O–H groups in total. The lowest BCUT2D eigenvalue weighted by atomic mass is 10.2. The third-order valence-corrected chi connectivity index (χ3v) is 5.26. The third kappa shape index (κ3) is 5.37. The number of aromatic nitrogens is 2. The van der Waals surface area contributed by atoms with Gasteiger partial charge in [0.2, 0.25) is 0 Å². The predicted octanol–water partition coefficient (Wildman–Crippen LogP) is 3.38. The van der Waals surface area contributed by atoms with Crippen LogP contribution in [0.15, 0.2) is 40.9 Å². The fraction of sp³-hybridized carbons (Fsp3) is 0.318. The summed E-state index contributed by atoms with van der Waals surface area (Å²) in [6.07, 6.45) is 0. The first kappa shape index (κ1) is 22.5. The number of rotatable bonds is 6. The minimum absolute atomic E-state index is 0.204. The average molecular weight is 459 g/mol. The van der Waals surface area contributed by atoms with E-state index in [0.717, 1.165) is 12.1 Å².